The Morgan fingerprint density at radius 1 is 1.38 bits per heavy atom. The highest BCUT2D eigenvalue weighted by atomic mass is 16.5. The maximum atomic E-state index is 12.0. The lowest BCUT2D eigenvalue weighted by Crippen LogP contribution is -2.26. The van der Waals surface area contributed by atoms with E-state index >= 15 is 0 Å². The van der Waals surface area contributed by atoms with Crippen molar-refractivity contribution in [3.05, 3.63) is 29.8 Å². The van der Waals surface area contributed by atoms with Gasteiger partial charge in [0, 0.05) is 37.7 Å². The van der Waals surface area contributed by atoms with E-state index in [2.05, 4.69) is 22.8 Å². The van der Waals surface area contributed by atoms with Crippen molar-refractivity contribution < 1.29 is 9.53 Å². The second-order valence-electron chi connectivity index (χ2n) is 5.85. The molecule has 4 nitrogen and oxygen atoms in total. The van der Waals surface area contributed by atoms with Crippen molar-refractivity contribution in [1.29, 1.82) is 0 Å². The molecule has 0 saturated heterocycles. The molecular formula is C17H26N2O2. The number of carbonyl (C=O) groups is 1. The summed E-state index contributed by atoms with van der Waals surface area (Å²) >= 11 is 0. The molecule has 0 saturated carbocycles. The van der Waals surface area contributed by atoms with Crippen LogP contribution < -0.4 is 10.6 Å². The van der Waals surface area contributed by atoms with E-state index in [4.69, 9.17) is 4.74 Å². The molecule has 116 valence electrons. The Balaban J connectivity index is 1.62. The number of benzene rings is 1. The molecule has 4 heteroatoms. The monoisotopic (exact) mass is 290 g/mol. The lowest BCUT2D eigenvalue weighted by Gasteiger charge is -2.11. The summed E-state index contributed by atoms with van der Waals surface area (Å²) in [5.74, 6) is 0.439. The molecule has 2 rings (SSSR count). The summed E-state index contributed by atoms with van der Waals surface area (Å²) < 4.78 is 5.47. The van der Waals surface area contributed by atoms with Gasteiger partial charge < -0.3 is 15.4 Å². The third-order valence-electron chi connectivity index (χ3n) is 3.72. The predicted octanol–water partition coefficient (Wildman–Crippen LogP) is 2.91. The van der Waals surface area contributed by atoms with E-state index in [-0.39, 0.29) is 12.0 Å². The number of hydrogen-bond acceptors (Lipinski definition) is 3. The van der Waals surface area contributed by atoms with Crippen molar-refractivity contribution in [2.24, 2.45) is 0 Å². The quantitative estimate of drug-likeness (QED) is 0.724. The molecule has 1 aliphatic rings. The molecule has 0 aromatic heterocycles. The van der Waals surface area contributed by atoms with E-state index in [0.29, 0.717) is 12.3 Å². The van der Waals surface area contributed by atoms with Gasteiger partial charge in [-0.05, 0) is 38.3 Å². The summed E-state index contributed by atoms with van der Waals surface area (Å²) in [6.07, 6.45) is 2.81. The summed E-state index contributed by atoms with van der Waals surface area (Å²) in [5.41, 5.74) is 2.43. The first-order valence-electron chi connectivity index (χ1n) is 7.88. The molecular weight excluding hydrogens is 264 g/mol. The van der Waals surface area contributed by atoms with Gasteiger partial charge in [-0.15, -0.1) is 0 Å². The topological polar surface area (TPSA) is 50.4 Å². The first kappa shape index (κ1) is 15.8. The van der Waals surface area contributed by atoms with Crippen LogP contribution in [0, 0.1) is 0 Å². The average Bonchev–Trinajstić information content (AvgIpc) is 2.86. The summed E-state index contributed by atoms with van der Waals surface area (Å²) in [4.78, 5) is 12.0. The van der Waals surface area contributed by atoms with Crippen molar-refractivity contribution in [2.75, 3.05) is 25.0 Å². The molecule has 1 aromatic carbocycles. The van der Waals surface area contributed by atoms with Crippen LogP contribution in [-0.2, 0) is 9.53 Å². The Hall–Kier alpha value is -1.55. The molecule has 2 N–H and O–H groups in total. The SMILES string of the molecule is CC(C)OCCCCNC(=O)CC1CNc2ccccc21. The van der Waals surface area contributed by atoms with Crippen LogP contribution in [0.3, 0.4) is 0 Å². The first-order chi connectivity index (χ1) is 10.2. The zero-order valence-electron chi connectivity index (χ0n) is 13.0. The molecule has 0 bridgehead atoms. The molecule has 1 amide bonds. The van der Waals surface area contributed by atoms with Crippen LogP contribution >= 0.6 is 0 Å². The number of rotatable bonds is 8. The molecule has 1 heterocycles. The van der Waals surface area contributed by atoms with Crippen LogP contribution in [-0.4, -0.2) is 31.7 Å². The molecule has 1 atom stereocenters. The van der Waals surface area contributed by atoms with Gasteiger partial charge in [-0.25, -0.2) is 0 Å². The van der Waals surface area contributed by atoms with Gasteiger partial charge in [0.2, 0.25) is 5.91 Å². The van der Waals surface area contributed by atoms with E-state index < -0.39 is 0 Å². The summed E-state index contributed by atoms with van der Waals surface area (Å²) in [6, 6.07) is 8.23. The normalized spacial score (nSPS) is 16.6. The standard InChI is InChI=1S/C17H26N2O2/c1-13(2)21-10-6-5-9-18-17(20)11-14-12-19-16-8-4-3-7-15(14)16/h3-4,7-8,13-14,19H,5-6,9-12H2,1-2H3,(H,18,20). The van der Waals surface area contributed by atoms with E-state index in [1.54, 1.807) is 0 Å². The largest absolute Gasteiger partial charge is 0.384 e. The van der Waals surface area contributed by atoms with Crippen LogP contribution in [0.4, 0.5) is 5.69 Å². The highest BCUT2D eigenvalue weighted by Crippen LogP contribution is 2.32. The van der Waals surface area contributed by atoms with Crippen LogP contribution in [0.15, 0.2) is 24.3 Å². The molecule has 0 fully saturated rings. The number of para-hydroxylation sites is 1. The van der Waals surface area contributed by atoms with Gasteiger partial charge in [0.1, 0.15) is 0 Å². The number of unbranched alkanes of at least 4 members (excludes halogenated alkanes) is 1. The Bertz CT molecular complexity index is 460. The molecule has 1 unspecified atom stereocenters. The van der Waals surface area contributed by atoms with Gasteiger partial charge in [-0.1, -0.05) is 18.2 Å². The summed E-state index contributed by atoms with van der Waals surface area (Å²) in [6.45, 7) is 6.44. The van der Waals surface area contributed by atoms with Crippen molar-refractivity contribution >= 4 is 11.6 Å². The fourth-order valence-corrected chi connectivity index (χ4v) is 2.61. The van der Waals surface area contributed by atoms with E-state index in [1.165, 1.54) is 11.3 Å². The number of fused-ring (bicyclic) bond motifs is 1. The lowest BCUT2D eigenvalue weighted by molar-refractivity contribution is -0.121. The zero-order chi connectivity index (χ0) is 15.1. The van der Waals surface area contributed by atoms with Crippen molar-refractivity contribution in [2.45, 2.75) is 45.1 Å². The molecule has 1 aromatic rings. The number of ether oxygens (including phenoxy) is 1. The van der Waals surface area contributed by atoms with Crippen molar-refractivity contribution in [3.63, 3.8) is 0 Å². The Morgan fingerprint density at radius 2 is 2.19 bits per heavy atom. The molecule has 0 spiro atoms. The number of amides is 1. The maximum absolute atomic E-state index is 12.0. The average molecular weight is 290 g/mol. The number of carbonyl (C=O) groups excluding carboxylic acids is 1. The van der Waals surface area contributed by atoms with Crippen LogP contribution in [0.2, 0.25) is 0 Å². The van der Waals surface area contributed by atoms with Gasteiger partial charge in [0.25, 0.3) is 0 Å². The molecule has 0 radical (unpaired) electrons. The minimum Gasteiger partial charge on any atom is -0.384 e. The summed E-state index contributed by atoms with van der Waals surface area (Å²) in [7, 11) is 0. The van der Waals surface area contributed by atoms with Crippen molar-refractivity contribution in [1.82, 2.24) is 5.32 Å². The van der Waals surface area contributed by atoms with E-state index in [9.17, 15) is 4.79 Å². The molecule has 1 aliphatic heterocycles. The third kappa shape index (κ3) is 5.05. The second kappa shape index (κ2) is 8.03. The van der Waals surface area contributed by atoms with Gasteiger partial charge in [-0.3, -0.25) is 4.79 Å². The highest BCUT2D eigenvalue weighted by molar-refractivity contribution is 5.78. The van der Waals surface area contributed by atoms with Gasteiger partial charge in [-0.2, -0.15) is 0 Å². The number of hydrogen-bond donors (Lipinski definition) is 2. The van der Waals surface area contributed by atoms with E-state index in [1.807, 2.05) is 26.0 Å². The fraction of sp³-hybridized carbons (Fsp3) is 0.588. The highest BCUT2D eigenvalue weighted by Gasteiger charge is 2.23. The predicted molar refractivity (Wildman–Crippen MR) is 85.6 cm³/mol. The van der Waals surface area contributed by atoms with Gasteiger partial charge >= 0.3 is 0 Å². The second-order valence-corrected chi connectivity index (χ2v) is 5.85. The minimum atomic E-state index is 0.142. The lowest BCUT2D eigenvalue weighted by atomic mass is 9.97. The number of nitrogens with one attached hydrogen (secondary N) is 2. The van der Waals surface area contributed by atoms with Crippen LogP contribution in [0.1, 0.15) is 44.6 Å². The first-order valence-corrected chi connectivity index (χ1v) is 7.88. The van der Waals surface area contributed by atoms with Gasteiger partial charge in [0.15, 0.2) is 0 Å². The zero-order valence-corrected chi connectivity index (χ0v) is 13.0. The smallest absolute Gasteiger partial charge is 0.220 e. The Kier molecular flexibility index (Phi) is 6.05. The fourth-order valence-electron chi connectivity index (χ4n) is 2.61. The summed E-state index contributed by atoms with van der Waals surface area (Å²) in [5, 5.41) is 6.36. The minimum absolute atomic E-state index is 0.142. The Morgan fingerprint density at radius 3 is 3.00 bits per heavy atom. The van der Waals surface area contributed by atoms with Crippen molar-refractivity contribution in [3.8, 4) is 0 Å². The van der Waals surface area contributed by atoms with Gasteiger partial charge in [0.05, 0.1) is 6.10 Å². The molecule has 21 heavy (non-hydrogen) atoms. The Labute approximate surface area is 127 Å². The van der Waals surface area contributed by atoms with E-state index in [0.717, 1.165) is 32.5 Å². The maximum Gasteiger partial charge on any atom is 0.220 e. The molecule has 0 aliphatic carbocycles. The number of anilines is 1. The van der Waals surface area contributed by atoms with Crippen LogP contribution in [0.5, 0.6) is 0 Å². The van der Waals surface area contributed by atoms with Crippen LogP contribution in [0.25, 0.3) is 0 Å². The third-order valence-corrected chi connectivity index (χ3v) is 3.72.